The fourth-order valence-electron chi connectivity index (χ4n) is 1.71. The number of hydrogen-bond donors (Lipinski definition) is 1. The van der Waals surface area contributed by atoms with E-state index in [2.05, 4.69) is 0 Å². The minimum Gasteiger partial charge on any atom is -0.479 e. The molecule has 1 aliphatic heterocycles. The first-order chi connectivity index (χ1) is 8.31. The molecule has 0 aromatic heterocycles. The van der Waals surface area contributed by atoms with E-state index in [1.807, 2.05) is 0 Å². The molecular formula is C11H18N2O5. The van der Waals surface area contributed by atoms with E-state index in [1.54, 1.807) is 6.92 Å². The van der Waals surface area contributed by atoms with Gasteiger partial charge < -0.3 is 19.6 Å². The molecule has 1 fully saturated rings. The number of rotatable bonds is 3. The van der Waals surface area contributed by atoms with Crippen molar-refractivity contribution in [1.82, 2.24) is 9.80 Å². The van der Waals surface area contributed by atoms with Gasteiger partial charge in [0.15, 0.2) is 6.10 Å². The Balaban J connectivity index is 2.62. The van der Waals surface area contributed by atoms with E-state index in [4.69, 9.17) is 9.84 Å². The molecule has 1 saturated heterocycles. The molecule has 0 aliphatic carbocycles. The normalized spacial score (nSPS) is 23.6. The summed E-state index contributed by atoms with van der Waals surface area (Å²) < 4.78 is 5.21. The third kappa shape index (κ3) is 3.69. The zero-order chi connectivity index (χ0) is 13.9. The first-order valence-electron chi connectivity index (χ1n) is 5.69. The fourth-order valence-corrected chi connectivity index (χ4v) is 1.71. The van der Waals surface area contributed by atoms with Gasteiger partial charge in [-0.3, -0.25) is 9.59 Å². The van der Waals surface area contributed by atoms with Crippen LogP contribution in [0.1, 0.15) is 13.8 Å². The zero-order valence-electron chi connectivity index (χ0n) is 10.8. The number of aliphatic carboxylic acids is 1. The van der Waals surface area contributed by atoms with Gasteiger partial charge in [-0.15, -0.1) is 0 Å². The Hall–Kier alpha value is -1.63. The van der Waals surface area contributed by atoms with Crippen LogP contribution in [0.25, 0.3) is 0 Å². The van der Waals surface area contributed by atoms with Gasteiger partial charge in [-0.1, -0.05) is 0 Å². The number of amides is 2. The SMILES string of the molecule is CC(=O)N(C)CC(=O)N1CC(C(=O)O)O[C@H](C)C1. The van der Waals surface area contributed by atoms with Gasteiger partial charge in [0.2, 0.25) is 11.8 Å². The zero-order valence-corrected chi connectivity index (χ0v) is 10.8. The molecule has 7 nitrogen and oxygen atoms in total. The van der Waals surface area contributed by atoms with Crippen molar-refractivity contribution in [2.45, 2.75) is 26.1 Å². The van der Waals surface area contributed by atoms with Gasteiger partial charge >= 0.3 is 5.97 Å². The molecule has 7 heteroatoms. The predicted molar refractivity (Wildman–Crippen MR) is 61.9 cm³/mol. The quantitative estimate of drug-likeness (QED) is 0.713. The van der Waals surface area contributed by atoms with Crippen LogP contribution in [0.3, 0.4) is 0 Å². The van der Waals surface area contributed by atoms with Gasteiger partial charge in [0, 0.05) is 20.5 Å². The van der Waals surface area contributed by atoms with Crippen LogP contribution in [0.15, 0.2) is 0 Å². The molecule has 102 valence electrons. The number of ether oxygens (including phenoxy) is 1. The summed E-state index contributed by atoms with van der Waals surface area (Å²) in [5, 5.41) is 8.90. The maximum Gasteiger partial charge on any atom is 0.334 e. The Morgan fingerprint density at radius 3 is 2.50 bits per heavy atom. The van der Waals surface area contributed by atoms with Crippen molar-refractivity contribution in [3.63, 3.8) is 0 Å². The maximum absolute atomic E-state index is 11.9. The van der Waals surface area contributed by atoms with Crippen LogP contribution < -0.4 is 0 Å². The van der Waals surface area contributed by atoms with Crippen LogP contribution in [0.2, 0.25) is 0 Å². The average Bonchev–Trinajstić information content (AvgIpc) is 2.27. The van der Waals surface area contributed by atoms with E-state index >= 15 is 0 Å². The van der Waals surface area contributed by atoms with Gasteiger partial charge in [-0.05, 0) is 6.92 Å². The molecule has 0 spiro atoms. The van der Waals surface area contributed by atoms with E-state index in [-0.39, 0.29) is 31.0 Å². The summed E-state index contributed by atoms with van der Waals surface area (Å²) in [6.07, 6.45) is -1.33. The predicted octanol–water partition coefficient (Wildman–Crippen LogP) is -0.835. The number of morpholine rings is 1. The maximum atomic E-state index is 11.9. The molecule has 0 aromatic carbocycles. The van der Waals surface area contributed by atoms with Crippen molar-refractivity contribution in [2.24, 2.45) is 0 Å². The Morgan fingerprint density at radius 2 is 2.00 bits per heavy atom. The van der Waals surface area contributed by atoms with Crippen LogP contribution in [-0.2, 0) is 19.1 Å². The monoisotopic (exact) mass is 258 g/mol. The van der Waals surface area contributed by atoms with Crippen molar-refractivity contribution < 1.29 is 24.2 Å². The lowest BCUT2D eigenvalue weighted by molar-refractivity contribution is -0.167. The van der Waals surface area contributed by atoms with Crippen molar-refractivity contribution in [3.05, 3.63) is 0 Å². The first kappa shape index (κ1) is 14.4. The summed E-state index contributed by atoms with van der Waals surface area (Å²) in [5.41, 5.74) is 0. The lowest BCUT2D eigenvalue weighted by Gasteiger charge is -2.35. The second-order valence-corrected chi connectivity index (χ2v) is 4.45. The van der Waals surface area contributed by atoms with Crippen molar-refractivity contribution in [2.75, 3.05) is 26.7 Å². The second-order valence-electron chi connectivity index (χ2n) is 4.45. The molecular weight excluding hydrogens is 240 g/mol. The number of carboxylic acids is 1. The van der Waals surface area contributed by atoms with E-state index in [1.165, 1.54) is 23.8 Å². The largest absolute Gasteiger partial charge is 0.479 e. The summed E-state index contributed by atoms with van der Waals surface area (Å²) in [6.45, 7) is 3.40. The highest BCUT2D eigenvalue weighted by atomic mass is 16.5. The standard InChI is InChI=1S/C11H18N2O5/c1-7-4-13(5-9(18-7)11(16)17)10(15)6-12(3)8(2)14/h7,9H,4-6H2,1-3H3,(H,16,17)/t7-,9?/m1/s1. The van der Waals surface area contributed by atoms with Gasteiger partial charge in [-0.25, -0.2) is 4.79 Å². The number of likely N-dealkylation sites (N-methyl/N-ethyl adjacent to an activating group) is 1. The number of nitrogens with zero attached hydrogens (tertiary/aromatic N) is 2. The van der Waals surface area contributed by atoms with Gasteiger partial charge in [-0.2, -0.15) is 0 Å². The summed E-state index contributed by atoms with van der Waals surface area (Å²) in [7, 11) is 1.53. The smallest absolute Gasteiger partial charge is 0.334 e. The third-order valence-electron chi connectivity index (χ3n) is 2.80. The van der Waals surface area contributed by atoms with E-state index in [9.17, 15) is 14.4 Å². The highest BCUT2D eigenvalue weighted by Gasteiger charge is 2.32. The number of hydrogen-bond acceptors (Lipinski definition) is 4. The molecule has 0 radical (unpaired) electrons. The second kappa shape index (κ2) is 5.81. The van der Waals surface area contributed by atoms with Crippen LogP contribution in [0, 0.1) is 0 Å². The number of carboxylic acid groups (broad SMARTS) is 1. The summed E-state index contributed by atoms with van der Waals surface area (Å²) in [6, 6.07) is 0. The van der Waals surface area contributed by atoms with Crippen LogP contribution in [0.5, 0.6) is 0 Å². The lowest BCUT2D eigenvalue weighted by atomic mass is 10.2. The summed E-state index contributed by atoms with van der Waals surface area (Å²) in [5.74, 6) is -1.56. The van der Waals surface area contributed by atoms with Crippen molar-refractivity contribution >= 4 is 17.8 Å². The molecule has 0 bridgehead atoms. The molecule has 2 atom stereocenters. The molecule has 1 rings (SSSR count). The lowest BCUT2D eigenvalue weighted by Crippen LogP contribution is -2.53. The number of carbonyl (C=O) groups is 3. The van der Waals surface area contributed by atoms with Gasteiger partial charge in [0.1, 0.15) is 0 Å². The minimum absolute atomic E-state index is 0.0181. The molecule has 1 unspecified atom stereocenters. The summed E-state index contributed by atoms with van der Waals surface area (Å²) in [4.78, 5) is 36.5. The van der Waals surface area contributed by atoms with Crippen LogP contribution in [0.4, 0.5) is 0 Å². The topological polar surface area (TPSA) is 87.2 Å². The first-order valence-corrected chi connectivity index (χ1v) is 5.69. The molecule has 2 amide bonds. The van der Waals surface area contributed by atoms with E-state index in [0.29, 0.717) is 6.54 Å². The molecule has 1 heterocycles. The van der Waals surface area contributed by atoms with Crippen LogP contribution >= 0.6 is 0 Å². The van der Waals surface area contributed by atoms with Crippen molar-refractivity contribution in [3.8, 4) is 0 Å². The van der Waals surface area contributed by atoms with E-state index in [0.717, 1.165) is 0 Å². The Bertz CT molecular complexity index is 357. The third-order valence-corrected chi connectivity index (χ3v) is 2.80. The van der Waals surface area contributed by atoms with Crippen molar-refractivity contribution in [1.29, 1.82) is 0 Å². The van der Waals surface area contributed by atoms with Gasteiger partial charge in [0.05, 0.1) is 19.2 Å². The molecule has 18 heavy (non-hydrogen) atoms. The average molecular weight is 258 g/mol. The molecule has 0 aromatic rings. The molecule has 1 aliphatic rings. The highest BCUT2D eigenvalue weighted by Crippen LogP contribution is 2.11. The minimum atomic E-state index is -1.08. The Labute approximate surface area is 105 Å². The highest BCUT2D eigenvalue weighted by molar-refractivity contribution is 5.84. The van der Waals surface area contributed by atoms with Gasteiger partial charge in [0.25, 0.3) is 0 Å². The molecule has 1 N–H and O–H groups in total. The van der Waals surface area contributed by atoms with Crippen LogP contribution in [-0.4, -0.2) is 71.6 Å². The van der Waals surface area contributed by atoms with E-state index < -0.39 is 12.1 Å². The summed E-state index contributed by atoms with van der Waals surface area (Å²) >= 11 is 0. The number of carbonyl (C=O) groups excluding carboxylic acids is 2. The molecule has 0 saturated carbocycles. The Kier molecular flexibility index (Phi) is 4.66. The fraction of sp³-hybridized carbons (Fsp3) is 0.727. The Morgan fingerprint density at radius 1 is 1.39 bits per heavy atom.